The Morgan fingerprint density at radius 2 is 1.78 bits per heavy atom. The Kier molecular flexibility index (Phi) is 7.28. The summed E-state index contributed by atoms with van der Waals surface area (Å²) in [5.41, 5.74) is 3.19. The molecule has 27 heavy (non-hydrogen) atoms. The standard InChI is InChI=1S/C23H30N2O2/c1-27-22-10-4-3-8-20(22)9-7-15-24-23(26)21-13-11-19(12-14-21)18-25-16-5-2-6-17-25/h3-4,8,10-14H,2,5-7,9,15-18H2,1H3,(H,24,26). The zero-order chi connectivity index (χ0) is 18.9. The van der Waals surface area contributed by atoms with Crippen LogP contribution in [0.1, 0.15) is 47.2 Å². The lowest BCUT2D eigenvalue weighted by atomic mass is 10.1. The van der Waals surface area contributed by atoms with E-state index in [1.165, 1.54) is 43.5 Å². The largest absolute Gasteiger partial charge is 0.496 e. The lowest BCUT2D eigenvalue weighted by molar-refractivity contribution is 0.0953. The van der Waals surface area contributed by atoms with Gasteiger partial charge in [-0.3, -0.25) is 9.69 Å². The average molecular weight is 367 g/mol. The molecule has 1 aliphatic heterocycles. The molecule has 144 valence electrons. The highest BCUT2D eigenvalue weighted by molar-refractivity contribution is 5.94. The maximum atomic E-state index is 12.3. The van der Waals surface area contributed by atoms with E-state index >= 15 is 0 Å². The van der Waals surface area contributed by atoms with Crippen molar-refractivity contribution >= 4 is 5.91 Å². The highest BCUT2D eigenvalue weighted by Crippen LogP contribution is 2.18. The van der Waals surface area contributed by atoms with E-state index < -0.39 is 0 Å². The number of para-hydroxylation sites is 1. The van der Waals surface area contributed by atoms with Crippen LogP contribution < -0.4 is 10.1 Å². The number of nitrogens with zero attached hydrogens (tertiary/aromatic N) is 1. The van der Waals surface area contributed by atoms with Crippen LogP contribution in [0.15, 0.2) is 48.5 Å². The molecule has 1 aliphatic rings. The van der Waals surface area contributed by atoms with Gasteiger partial charge < -0.3 is 10.1 Å². The molecule has 1 N–H and O–H groups in total. The van der Waals surface area contributed by atoms with Crippen LogP contribution in [0, 0.1) is 0 Å². The van der Waals surface area contributed by atoms with Gasteiger partial charge in [0.2, 0.25) is 0 Å². The van der Waals surface area contributed by atoms with E-state index in [0.717, 1.165) is 30.7 Å². The number of methoxy groups -OCH3 is 1. The van der Waals surface area contributed by atoms with Crippen molar-refractivity contribution in [3.8, 4) is 5.75 Å². The first-order valence-corrected chi connectivity index (χ1v) is 9.97. The summed E-state index contributed by atoms with van der Waals surface area (Å²) in [4.78, 5) is 14.8. The van der Waals surface area contributed by atoms with Gasteiger partial charge in [-0.1, -0.05) is 36.8 Å². The molecule has 0 aliphatic carbocycles. The normalized spacial score (nSPS) is 14.7. The van der Waals surface area contributed by atoms with Crippen LogP contribution in [0.4, 0.5) is 0 Å². The molecule has 3 rings (SSSR count). The summed E-state index contributed by atoms with van der Waals surface area (Å²) in [6.45, 7) is 4.02. The molecule has 1 heterocycles. The lowest BCUT2D eigenvalue weighted by Gasteiger charge is -2.26. The van der Waals surface area contributed by atoms with E-state index in [0.29, 0.717) is 6.54 Å². The first kappa shape index (κ1) is 19.4. The third-order valence-corrected chi connectivity index (χ3v) is 5.17. The first-order valence-electron chi connectivity index (χ1n) is 9.97. The summed E-state index contributed by atoms with van der Waals surface area (Å²) in [5, 5.41) is 3.02. The number of hydrogen-bond donors (Lipinski definition) is 1. The second kappa shape index (κ2) is 10.1. The molecule has 2 aromatic carbocycles. The van der Waals surface area contributed by atoms with Crippen LogP contribution >= 0.6 is 0 Å². The third-order valence-electron chi connectivity index (χ3n) is 5.17. The Morgan fingerprint density at radius 3 is 2.52 bits per heavy atom. The molecule has 1 saturated heterocycles. The van der Waals surface area contributed by atoms with Crippen molar-refractivity contribution in [1.29, 1.82) is 0 Å². The van der Waals surface area contributed by atoms with Crippen LogP contribution in [0.25, 0.3) is 0 Å². The Labute approximate surface area is 162 Å². The van der Waals surface area contributed by atoms with Gasteiger partial charge in [-0.25, -0.2) is 0 Å². The van der Waals surface area contributed by atoms with E-state index in [1.54, 1.807) is 7.11 Å². The molecule has 1 amide bonds. The maximum Gasteiger partial charge on any atom is 0.251 e. The highest BCUT2D eigenvalue weighted by Gasteiger charge is 2.11. The highest BCUT2D eigenvalue weighted by atomic mass is 16.5. The predicted molar refractivity (Wildman–Crippen MR) is 109 cm³/mol. The zero-order valence-electron chi connectivity index (χ0n) is 16.2. The van der Waals surface area contributed by atoms with Crippen molar-refractivity contribution in [2.24, 2.45) is 0 Å². The summed E-state index contributed by atoms with van der Waals surface area (Å²) >= 11 is 0. The molecule has 0 saturated carbocycles. The monoisotopic (exact) mass is 366 g/mol. The quantitative estimate of drug-likeness (QED) is 0.717. The maximum absolute atomic E-state index is 12.3. The number of amides is 1. The summed E-state index contributed by atoms with van der Waals surface area (Å²) in [5.74, 6) is 0.910. The third kappa shape index (κ3) is 5.83. The average Bonchev–Trinajstić information content (AvgIpc) is 2.72. The number of nitrogens with one attached hydrogen (secondary N) is 1. The fourth-order valence-corrected chi connectivity index (χ4v) is 3.63. The minimum atomic E-state index is -0.000417. The van der Waals surface area contributed by atoms with Gasteiger partial charge in [0.25, 0.3) is 5.91 Å². The molecule has 0 unspecified atom stereocenters. The van der Waals surface area contributed by atoms with E-state index in [9.17, 15) is 4.79 Å². The van der Waals surface area contributed by atoms with Gasteiger partial charge >= 0.3 is 0 Å². The molecular weight excluding hydrogens is 336 g/mol. The molecule has 1 fully saturated rings. The SMILES string of the molecule is COc1ccccc1CCCNC(=O)c1ccc(CN2CCCCC2)cc1. The first-order chi connectivity index (χ1) is 13.3. The number of aryl methyl sites for hydroxylation is 1. The van der Waals surface area contributed by atoms with Crippen LogP contribution in [-0.2, 0) is 13.0 Å². The summed E-state index contributed by atoms with van der Waals surface area (Å²) in [7, 11) is 1.69. The Hall–Kier alpha value is -2.33. The van der Waals surface area contributed by atoms with Gasteiger partial charge in [-0.2, -0.15) is 0 Å². The molecule has 0 bridgehead atoms. The van der Waals surface area contributed by atoms with E-state index in [2.05, 4.69) is 28.4 Å². The molecular formula is C23H30N2O2. The van der Waals surface area contributed by atoms with Crippen LogP contribution in [-0.4, -0.2) is 37.6 Å². The molecule has 4 nitrogen and oxygen atoms in total. The summed E-state index contributed by atoms with van der Waals surface area (Å²) in [6.07, 6.45) is 5.73. The Bertz CT molecular complexity index is 721. The van der Waals surface area contributed by atoms with Crippen LogP contribution in [0.5, 0.6) is 5.75 Å². The Balaban J connectivity index is 1.42. The molecule has 4 heteroatoms. The van der Waals surface area contributed by atoms with E-state index in [1.807, 2.05) is 30.3 Å². The number of benzene rings is 2. The topological polar surface area (TPSA) is 41.6 Å². The number of ether oxygens (including phenoxy) is 1. The van der Waals surface area contributed by atoms with Gasteiger partial charge in [0.15, 0.2) is 0 Å². The predicted octanol–water partition coefficient (Wildman–Crippen LogP) is 4.04. The Morgan fingerprint density at radius 1 is 1.04 bits per heavy atom. The number of rotatable bonds is 8. The lowest BCUT2D eigenvalue weighted by Crippen LogP contribution is -2.29. The second-order valence-electron chi connectivity index (χ2n) is 7.21. The minimum Gasteiger partial charge on any atom is -0.496 e. The fraction of sp³-hybridized carbons (Fsp3) is 0.435. The van der Waals surface area contributed by atoms with Gasteiger partial charge in [0.05, 0.1) is 7.11 Å². The van der Waals surface area contributed by atoms with E-state index in [-0.39, 0.29) is 5.91 Å². The molecule has 0 spiro atoms. The van der Waals surface area contributed by atoms with Gasteiger partial charge in [-0.15, -0.1) is 0 Å². The zero-order valence-corrected chi connectivity index (χ0v) is 16.2. The van der Waals surface area contributed by atoms with Crippen molar-refractivity contribution < 1.29 is 9.53 Å². The van der Waals surface area contributed by atoms with E-state index in [4.69, 9.17) is 4.74 Å². The van der Waals surface area contributed by atoms with Crippen molar-refractivity contribution in [3.63, 3.8) is 0 Å². The fourth-order valence-electron chi connectivity index (χ4n) is 3.63. The van der Waals surface area contributed by atoms with Crippen molar-refractivity contribution in [3.05, 3.63) is 65.2 Å². The molecule has 0 aromatic heterocycles. The summed E-state index contributed by atoms with van der Waals surface area (Å²) in [6, 6.07) is 16.1. The van der Waals surface area contributed by atoms with Gasteiger partial charge in [-0.05, 0) is 68.1 Å². The van der Waals surface area contributed by atoms with Crippen molar-refractivity contribution in [2.45, 2.75) is 38.6 Å². The van der Waals surface area contributed by atoms with Gasteiger partial charge in [0, 0.05) is 18.7 Å². The molecule has 2 aromatic rings. The molecule has 0 atom stereocenters. The van der Waals surface area contributed by atoms with Crippen molar-refractivity contribution in [1.82, 2.24) is 10.2 Å². The minimum absolute atomic E-state index is 0.000417. The number of carbonyl (C=O) groups excluding carboxylic acids is 1. The number of carbonyl (C=O) groups is 1. The summed E-state index contributed by atoms with van der Waals surface area (Å²) < 4.78 is 5.37. The van der Waals surface area contributed by atoms with Crippen molar-refractivity contribution in [2.75, 3.05) is 26.7 Å². The number of likely N-dealkylation sites (tertiary alicyclic amines) is 1. The van der Waals surface area contributed by atoms with Crippen LogP contribution in [0.3, 0.4) is 0 Å². The molecule has 0 radical (unpaired) electrons. The second-order valence-corrected chi connectivity index (χ2v) is 7.21. The van der Waals surface area contributed by atoms with Crippen LogP contribution in [0.2, 0.25) is 0 Å². The number of hydrogen-bond acceptors (Lipinski definition) is 3. The number of piperidine rings is 1. The smallest absolute Gasteiger partial charge is 0.251 e. The van der Waals surface area contributed by atoms with Gasteiger partial charge in [0.1, 0.15) is 5.75 Å².